The van der Waals surface area contributed by atoms with Crippen molar-refractivity contribution < 1.29 is 21.6 Å². The minimum Gasteiger partial charge on any atom is -0.383 e. The molecule has 7 nitrogen and oxygen atoms in total. The van der Waals surface area contributed by atoms with Crippen molar-refractivity contribution in [1.82, 2.24) is 14.3 Å². The zero-order valence-corrected chi connectivity index (χ0v) is 12.9. The summed E-state index contributed by atoms with van der Waals surface area (Å²) in [5.74, 6) is -0.750. The topological polar surface area (TPSA) is 101 Å². The zero-order chi connectivity index (χ0) is 17.3. The summed E-state index contributed by atoms with van der Waals surface area (Å²) in [6.07, 6.45) is -2.79. The van der Waals surface area contributed by atoms with Crippen LogP contribution in [0, 0.1) is 0 Å². The highest BCUT2D eigenvalue weighted by Crippen LogP contribution is 2.32. The fourth-order valence-corrected chi connectivity index (χ4v) is 3.24. The van der Waals surface area contributed by atoms with Crippen LogP contribution in [-0.2, 0) is 16.2 Å². The molecule has 1 saturated heterocycles. The molecule has 0 aromatic carbocycles. The molecular weight excluding hydrogens is 335 g/mol. The van der Waals surface area contributed by atoms with Crippen LogP contribution in [0.5, 0.6) is 0 Å². The van der Waals surface area contributed by atoms with E-state index in [2.05, 4.69) is 21.9 Å². The lowest BCUT2D eigenvalue weighted by Crippen LogP contribution is -2.44. The van der Waals surface area contributed by atoms with E-state index in [4.69, 9.17) is 5.73 Å². The Balaban J connectivity index is 2.10. The number of nitrogens with one attached hydrogen (secondary N) is 1. The van der Waals surface area contributed by atoms with Crippen molar-refractivity contribution in [3.05, 3.63) is 23.7 Å². The molecule has 23 heavy (non-hydrogen) atoms. The summed E-state index contributed by atoms with van der Waals surface area (Å²) < 4.78 is 62.6. The number of piperidine rings is 1. The number of hydrogen-bond acceptors (Lipinski definition) is 6. The van der Waals surface area contributed by atoms with Gasteiger partial charge in [-0.1, -0.05) is 6.58 Å². The van der Waals surface area contributed by atoms with Gasteiger partial charge in [0, 0.05) is 30.7 Å². The third-order valence-electron chi connectivity index (χ3n) is 3.41. The summed E-state index contributed by atoms with van der Waals surface area (Å²) >= 11 is 0. The number of nitrogens with two attached hydrogens (primary N) is 1. The fourth-order valence-electron chi connectivity index (χ4n) is 2.26. The maximum atomic E-state index is 12.6. The van der Waals surface area contributed by atoms with Crippen LogP contribution in [0.25, 0.3) is 0 Å². The van der Waals surface area contributed by atoms with E-state index in [0.717, 1.165) is 5.41 Å². The number of aromatic nitrogens is 2. The molecule has 1 atom stereocenters. The van der Waals surface area contributed by atoms with Gasteiger partial charge in [-0.05, 0) is 12.8 Å². The number of alkyl halides is 3. The molecule has 11 heteroatoms. The third-order valence-corrected chi connectivity index (χ3v) is 4.88. The molecule has 0 amide bonds. The van der Waals surface area contributed by atoms with Crippen LogP contribution in [0.2, 0.25) is 0 Å². The first kappa shape index (κ1) is 17.5. The molecule has 1 aromatic rings. The number of anilines is 2. The molecule has 0 radical (unpaired) electrons. The molecule has 1 aliphatic rings. The Kier molecular flexibility index (Phi) is 4.80. The summed E-state index contributed by atoms with van der Waals surface area (Å²) in [5.41, 5.74) is 4.19. The number of nitrogen functional groups attached to an aromatic ring is 1. The second-order valence-electron chi connectivity index (χ2n) is 5.04. The molecule has 0 spiro atoms. The lowest BCUT2D eigenvalue weighted by Gasteiger charge is -2.31. The van der Waals surface area contributed by atoms with Crippen molar-refractivity contribution in [1.29, 1.82) is 0 Å². The molecule has 0 bridgehead atoms. The smallest absolute Gasteiger partial charge is 0.383 e. The molecule has 1 aromatic heterocycles. The van der Waals surface area contributed by atoms with Crippen LogP contribution in [0.15, 0.2) is 18.2 Å². The predicted octanol–water partition coefficient (Wildman–Crippen LogP) is 1.43. The van der Waals surface area contributed by atoms with Gasteiger partial charge in [-0.2, -0.15) is 22.5 Å². The first-order chi connectivity index (χ1) is 10.6. The van der Waals surface area contributed by atoms with Crippen molar-refractivity contribution in [2.24, 2.45) is 0 Å². The Morgan fingerprint density at radius 1 is 1.48 bits per heavy atom. The van der Waals surface area contributed by atoms with Gasteiger partial charge >= 0.3 is 6.18 Å². The van der Waals surface area contributed by atoms with E-state index in [9.17, 15) is 21.6 Å². The molecule has 0 saturated carbocycles. The Morgan fingerprint density at radius 2 is 2.17 bits per heavy atom. The van der Waals surface area contributed by atoms with Crippen molar-refractivity contribution in [2.45, 2.75) is 25.1 Å². The minimum absolute atomic E-state index is 0.0710. The Labute approximate surface area is 131 Å². The van der Waals surface area contributed by atoms with Crippen LogP contribution in [0.3, 0.4) is 0 Å². The van der Waals surface area contributed by atoms with Gasteiger partial charge in [0.05, 0.1) is 0 Å². The number of rotatable bonds is 4. The lowest BCUT2D eigenvalue weighted by atomic mass is 10.1. The van der Waals surface area contributed by atoms with Gasteiger partial charge in [-0.25, -0.2) is 13.4 Å². The van der Waals surface area contributed by atoms with Gasteiger partial charge in [0.1, 0.15) is 11.4 Å². The number of sulfonamides is 1. The van der Waals surface area contributed by atoms with Gasteiger partial charge in [0.2, 0.25) is 16.0 Å². The summed E-state index contributed by atoms with van der Waals surface area (Å²) in [4.78, 5) is 7.19. The van der Waals surface area contributed by atoms with E-state index in [1.807, 2.05) is 0 Å². The minimum atomic E-state index is -4.62. The van der Waals surface area contributed by atoms with Crippen molar-refractivity contribution in [3.63, 3.8) is 0 Å². The molecule has 2 heterocycles. The second-order valence-corrected chi connectivity index (χ2v) is 6.92. The van der Waals surface area contributed by atoms with Crippen LogP contribution < -0.4 is 11.1 Å². The number of hydrogen-bond donors (Lipinski definition) is 2. The average molecular weight is 351 g/mol. The van der Waals surface area contributed by atoms with Gasteiger partial charge < -0.3 is 11.1 Å². The van der Waals surface area contributed by atoms with Crippen molar-refractivity contribution in [2.75, 3.05) is 24.1 Å². The van der Waals surface area contributed by atoms with Gasteiger partial charge in [-0.15, -0.1) is 0 Å². The van der Waals surface area contributed by atoms with Crippen LogP contribution in [0.1, 0.15) is 18.4 Å². The molecule has 3 N–H and O–H groups in total. The van der Waals surface area contributed by atoms with Crippen molar-refractivity contribution >= 4 is 21.8 Å². The quantitative estimate of drug-likeness (QED) is 0.851. The molecule has 1 aliphatic heterocycles. The summed E-state index contributed by atoms with van der Waals surface area (Å²) in [5, 5.41) is 3.68. The van der Waals surface area contributed by atoms with E-state index in [1.165, 1.54) is 4.31 Å². The van der Waals surface area contributed by atoms with Crippen molar-refractivity contribution in [3.8, 4) is 0 Å². The van der Waals surface area contributed by atoms with Gasteiger partial charge in [-0.3, -0.25) is 0 Å². The Hall–Kier alpha value is -1.88. The zero-order valence-electron chi connectivity index (χ0n) is 12.0. The van der Waals surface area contributed by atoms with Crippen LogP contribution >= 0.6 is 0 Å². The summed E-state index contributed by atoms with van der Waals surface area (Å²) in [6.45, 7) is 3.78. The highest BCUT2D eigenvalue weighted by Gasteiger charge is 2.34. The predicted molar refractivity (Wildman–Crippen MR) is 78.8 cm³/mol. The standard InChI is InChI=1S/C12H16F3N5O2S/c1-2-23(21,22)20-5-3-4-8(7-20)18-11-17-6-9(10(16)19-11)12(13,14)15/h2,6,8H,1,3-5,7H2,(H3,16,17,18,19). The fraction of sp³-hybridized carbons (Fsp3) is 0.500. The van der Waals surface area contributed by atoms with E-state index >= 15 is 0 Å². The summed E-state index contributed by atoms with van der Waals surface area (Å²) in [7, 11) is -3.54. The normalized spacial score (nSPS) is 20.2. The molecule has 1 fully saturated rings. The first-order valence-electron chi connectivity index (χ1n) is 6.72. The third kappa shape index (κ3) is 4.10. The Bertz CT molecular complexity index is 692. The van der Waals surface area contributed by atoms with E-state index < -0.39 is 27.6 Å². The van der Waals surface area contributed by atoms with Crippen LogP contribution in [-0.4, -0.2) is 41.8 Å². The molecular formula is C12H16F3N5O2S. The maximum absolute atomic E-state index is 12.6. The summed E-state index contributed by atoms with van der Waals surface area (Å²) in [6, 6.07) is -0.324. The molecule has 128 valence electrons. The maximum Gasteiger partial charge on any atom is 0.421 e. The second kappa shape index (κ2) is 6.32. The van der Waals surface area contributed by atoms with Gasteiger partial charge in [0.15, 0.2) is 0 Å². The first-order valence-corrected chi connectivity index (χ1v) is 8.22. The highest BCUT2D eigenvalue weighted by molar-refractivity contribution is 7.92. The van der Waals surface area contributed by atoms with Gasteiger partial charge in [0.25, 0.3) is 0 Å². The van der Waals surface area contributed by atoms with E-state index in [-0.39, 0.29) is 18.5 Å². The highest BCUT2D eigenvalue weighted by atomic mass is 32.2. The molecule has 0 aliphatic carbocycles. The SMILES string of the molecule is C=CS(=O)(=O)N1CCCC(Nc2ncc(C(F)(F)F)c(N)n2)C1. The molecule has 1 unspecified atom stereocenters. The lowest BCUT2D eigenvalue weighted by molar-refractivity contribution is -0.137. The average Bonchev–Trinajstić information content (AvgIpc) is 2.46. The van der Waals surface area contributed by atoms with Crippen LogP contribution in [0.4, 0.5) is 24.9 Å². The number of halogens is 3. The largest absolute Gasteiger partial charge is 0.421 e. The number of nitrogens with zero attached hydrogens (tertiary/aromatic N) is 3. The monoisotopic (exact) mass is 351 g/mol. The Morgan fingerprint density at radius 3 is 2.74 bits per heavy atom. The molecule has 2 rings (SSSR count). The van der Waals surface area contributed by atoms with E-state index in [0.29, 0.717) is 25.6 Å². The van der Waals surface area contributed by atoms with E-state index in [1.54, 1.807) is 0 Å².